The first-order chi connectivity index (χ1) is 9.56. The molecule has 2 heterocycles. The lowest BCUT2D eigenvalue weighted by atomic mass is 10.3. The molecule has 0 radical (unpaired) electrons. The molecule has 0 fully saturated rings. The maximum absolute atomic E-state index is 10.6. The molecular weight excluding hydrogens is 282 g/mol. The first-order valence-corrected chi connectivity index (χ1v) is 6.22. The van der Waals surface area contributed by atoms with E-state index < -0.39 is 4.92 Å². The van der Waals surface area contributed by atoms with E-state index in [-0.39, 0.29) is 17.9 Å². The number of nitro groups is 1. The third-order valence-corrected chi connectivity index (χ3v) is 3.64. The van der Waals surface area contributed by atoms with Gasteiger partial charge in [-0.1, -0.05) is 0 Å². The zero-order valence-electron chi connectivity index (χ0n) is 10.3. The number of hydrogen-bond acceptors (Lipinski definition) is 7. The van der Waals surface area contributed by atoms with Crippen molar-refractivity contribution >= 4 is 17.4 Å². The van der Waals surface area contributed by atoms with Crippen LogP contribution in [0.5, 0.6) is 0 Å². The average molecular weight is 291 g/mol. The van der Waals surface area contributed by atoms with Gasteiger partial charge in [0, 0.05) is 13.1 Å². The summed E-state index contributed by atoms with van der Waals surface area (Å²) >= 11 is 1.11. The highest BCUT2D eigenvalue weighted by atomic mass is 32.2. The molecule has 0 saturated carbocycles. The van der Waals surface area contributed by atoms with E-state index in [2.05, 4.69) is 9.97 Å². The smallest absolute Gasteiger partial charge is 0.288 e. The summed E-state index contributed by atoms with van der Waals surface area (Å²) in [5, 5.41) is 29.6. The van der Waals surface area contributed by atoms with Gasteiger partial charge in [-0.05, 0) is 11.8 Å². The van der Waals surface area contributed by atoms with Crippen LogP contribution in [-0.4, -0.2) is 24.6 Å². The number of rotatable bonds is 4. The van der Waals surface area contributed by atoms with Gasteiger partial charge >= 0.3 is 0 Å². The zero-order valence-corrected chi connectivity index (χ0v) is 11.2. The minimum Gasteiger partial charge on any atom is -0.390 e. The quantitative estimate of drug-likeness (QED) is 0.665. The van der Waals surface area contributed by atoms with E-state index in [1.165, 1.54) is 12.3 Å². The monoisotopic (exact) mass is 291 g/mol. The predicted octanol–water partition coefficient (Wildman–Crippen LogP) is 1.24. The van der Waals surface area contributed by atoms with Gasteiger partial charge in [-0.25, -0.2) is 9.97 Å². The first kappa shape index (κ1) is 14.0. The molecule has 0 aromatic carbocycles. The Balaban J connectivity index is 2.36. The van der Waals surface area contributed by atoms with Crippen molar-refractivity contribution in [1.82, 2.24) is 14.5 Å². The molecule has 2 rings (SSSR count). The molecule has 8 nitrogen and oxygen atoms in total. The number of nitrogens with zero attached hydrogens (tertiary/aromatic N) is 5. The Bertz CT molecular complexity index is 707. The summed E-state index contributed by atoms with van der Waals surface area (Å²) in [6, 6.07) is 3.05. The van der Waals surface area contributed by atoms with Crippen molar-refractivity contribution in [3.05, 3.63) is 39.8 Å². The lowest BCUT2D eigenvalue weighted by Gasteiger charge is -2.04. The maximum Gasteiger partial charge on any atom is 0.288 e. The van der Waals surface area contributed by atoms with Crippen LogP contribution in [0.4, 0.5) is 5.69 Å². The van der Waals surface area contributed by atoms with Gasteiger partial charge in [-0.2, -0.15) is 5.26 Å². The second kappa shape index (κ2) is 5.68. The van der Waals surface area contributed by atoms with E-state index in [1.807, 2.05) is 6.07 Å². The van der Waals surface area contributed by atoms with Gasteiger partial charge in [0.05, 0.1) is 29.0 Å². The largest absolute Gasteiger partial charge is 0.390 e. The number of imidazole rings is 1. The fourth-order valence-electron chi connectivity index (χ4n) is 1.46. The second-order valence-electron chi connectivity index (χ2n) is 3.77. The van der Waals surface area contributed by atoms with Crippen LogP contribution in [0.15, 0.2) is 28.6 Å². The van der Waals surface area contributed by atoms with E-state index >= 15 is 0 Å². The van der Waals surface area contributed by atoms with Gasteiger partial charge in [0.25, 0.3) is 5.69 Å². The summed E-state index contributed by atoms with van der Waals surface area (Å²) in [4.78, 5) is 18.1. The van der Waals surface area contributed by atoms with Crippen LogP contribution < -0.4 is 0 Å². The third kappa shape index (κ3) is 2.61. The number of nitriles is 1. The third-order valence-electron chi connectivity index (χ3n) is 2.56. The summed E-state index contributed by atoms with van der Waals surface area (Å²) in [5.74, 6) is 0. The summed E-state index contributed by atoms with van der Waals surface area (Å²) in [7, 11) is 1.72. The highest BCUT2D eigenvalue weighted by molar-refractivity contribution is 7.99. The first-order valence-electron chi connectivity index (χ1n) is 5.40. The van der Waals surface area contributed by atoms with Gasteiger partial charge < -0.3 is 9.67 Å². The van der Waals surface area contributed by atoms with Crippen molar-refractivity contribution in [3.63, 3.8) is 0 Å². The molecule has 2 aromatic rings. The van der Waals surface area contributed by atoms with E-state index in [4.69, 9.17) is 10.4 Å². The fraction of sp³-hybridized carbons (Fsp3) is 0.182. The number of hydrogen-bond donors (Lipinski definition) is 1. The Morgan fingerprint density at radius 3 is 2.85 bits per heavy atom. The van der Waals surface area contributed by atoms with Crippen LogP contribution in [0.2, 0.25) is 0 Å². The molecule has 0 aliphatic heterocycles. The molecule has 0 unspecified atom stereocenters. The normalized spacial score (nSPS) is 10.2. The molecule has 0 atom stereocenters. The molecule has 0 amide bonds. The molecule has 0 aliphatic carbocycles. The highest BCUT2D eigenvalue weighted by Gasteiger charge is 2.15. The average Bonchev–Trinajstić information content (AvgIpc) is 2.79. The topological polar surface area (TPSA) is 118 Å². The molecule has 0 bridgehead atoms. The van der Waals surface area contributed by atoms with Gasteiger partial charge in [0.15, 0.2) is 5.16 Å². The molecule has 102 valence electrons. The maximum atomic E-state index is 10.6. The molecule has 0 saturated heterocycles. The highest BCUT2D eigenvalue weighted by Crippen LogP contribution is 2.29. The minimum atomic E-state index is -0.604. The van der Waals surface area contributed by atoms with Crippen molar-refractivity contribution in [2.24, 2.45) is 7.05 Å². The number of aromatic nitrogens is 3. The number of pyridine rings is 1. The van der Waals surface area contributed by atoms with Gasteiger partial charge in [-0.15, -0.1) is 0 Å². The van der Waals surface area contributed by atoms with Gasteiger partial charge in [-0.3, -0.25) is 10.1 Å². The van der Waals surface area contributed by atoms with Gasteiger partial charge in [0.1, 0.15) is 17.3 Å². The van der Waals surface area contributed by atoms with E-state index in [9.17, 15) is 10.1 Å². The van der Waals surface area contributed by atoms with Crippen LogP contribution in [0.1, 0.15) is 11.3 Å². The Morgan fingerprint density at radius 2 is 2.30 bits per heavy atom. The van der Waals surface area contributed by atoms with Crippen LogP contribution in [-0.2, 0) is 13.7 Å². The molecule has 0 aliphatic rings. The van der Waals surface area contributed by atoms with Crippen molar-refractivity contribution in [2.45, 2.75) is 16.8 Å². The van der Waals surface area contributed by atoms with E-state index in [1.54, 1.807) is 11.6 Å². The fourth-order valence-corrected chi connectivity index (χ4v) is 2.31. The van der Waals surface area contributed by atoms with Crippen molar-refractivity contribution < 1.29 is 10.0 Å². The summed E-state index contributed by atoms with van der Waals surface area (Å²) in [6.45, 7) is -0.150. The zero-order chi connectivity index (χ0) is 14.7. The summed E-state index contributed by atoms with van der Waals surface area (Å²) in [5.41, 5.74) is 0.493. The SMILES string of the molecule is Cn1c(CO)cnc1Sc1ncc([N+](=O)[O-])cc1C#N. The molecule has 1 N–H and O–H groups in total. The standard InChI is InChI=1S/C11H9N5O3S/c1-15-9(6-17)5-14-11(15)20-10-7(3-12)2-8(4-13-10)16(18)19/h2,4-5,17H,6H2,1H3. The molecule has 0 spiro atoms. The van der Waals surface area contributed by atoms with E-state index in [0.717, 1.165) is 18.0 Å². The lowest BCUT2D eigenvalue weighted by molar-refractivity contribution is -0.385. The Morgan fingerprint density at radius 1 is 1.55 bits per heavy atom. The molecule has 20 heavy (non-hydrogen) atoms. The van der Waals surface area contributed by atoms with Crippen molar-refractivity contribution in [2.75, 3.05) is 0 Å². The van der Waals surface area contributed by atoms with Crippen molar-refractivity contribution in [3.8, 4) is 6.07 Å². The molecule has 9 heteroatoms. The van der Waals surface area contributed by atoms with Gasteiger partial charge in [0.2, 0.25) is 0 Å². The van der Waals surface area contributed by atoms with E-state index in [0.29, 0.717) is 15.9 Å². The second-order valence-corrected chi connectivity index (χ2v) is 4.72. The Hall–Kier alpha value is -2.44. The van der Waals surface area contributed by atoms with Crippen LogP contribution in [0.3, 0.4) is 0 Å². The number of aliphatic hydroxyl groups excluding tert-OH is 1. The van der Waals surface area contributed by atoms with Crippen molar-refractivity contribution in [1.29, 1.82) is 5.26 Å². The number of aliphatic hydroxyl groups is 1. The predicted molar refractivity (Wildman–Crippen MR) is 68.9 cm³/mol. The van der Waals surface area contributed by atoms with Crippen LogP contribution >= 0.6 is 11.8 Å². The minimum absolute atomic E-state index is 0.109. The molecular formula is C11H9N5O3S. The van der Waals surface area contributed by atoms with Crippen LogP contribution in [0.25, 0.3) is 0 Å². The van der Waals surface area contributed by atoms with Crippen LogP contribution in [0, 0.1) is 21.4 Å². The molecule has 2 aromatic heterocycles. The Kier molecular flexibility index (Phi) is 3.97. The summed E-state index contributed by atoms with van der Waals surface area (Å²) < 4.78 is 1.66. The lowest BCUT2D eigenvalue weighted by Crippen LogP contribution is -1.98. The summed E-state index contributed by atoms with van der Waals surface area (Å²) in [6.07, 6.45) is 2.61. The Labute approximate surface area is 117 Å².